The summed E-state index contributed by atoms with van der Waals surface area (Å²) in [6.07, 6.45) is 5.03. The van der Waals surface area contributed by atoms with Gasteiger partial charge < -0.3 is 16.4 Å². The summed E-state index contributed by atoms with van der Waals surface area (Å²) in [6, 6.07) is 9.92. The molecule has 1 unspecified atom stereocenters. The average Bonchev–Trinajstić information content (AvgIpc) is 3.29. The number of aryl methyl sites for hydroxylation is 2. The fourth-order valence-corrected chi connectivity index (χ4v) is 5.90. The highest BCUT2D eigenvalue weighted by atomic mass is 32.1. The minimum atomic E-state index is -1.16. The van der Waals surface area contributed by atoms with Crippen LogP contribution in [0, 0.1) is 19.7 Å². The van der Waals surface area contributed by atoms with Crippen molar-refractivity contribution in [3.05, 3.63) is 75.5 Å². The molecule has 1 aliphatic carbocycles. The molecule has 0 saturated heterocycles. The number of hydrogen-bond donors (Lipinski definition) is 3. The number of nitrogens with two attached hydrogens (primary N) is 1. The first kappa shape index (κ1) is 30.2. The number of benzene rings is 2. The highest BCUT2D eigenvalue weighted by Crippen LogP contribution is 2.35. The molecule has 0 spiro atoms. The Morgan fingerprint density at radius 1 is 1.05 bits per heavy atom. The lowest BCUT2D eigenvalue weighted by Crippen LogP contribution is -2.49. The van der Waals surface area contributed by atoms with Crippen LogP contribution in [0.3, 0.4) is 0 Å². The number of amides is 3. The predicted molar refractivity (Wildman–Crippen MR) is 161 cm³/mol. The van der Waals surface area contributed by atoms with E-state index in [9.17, 15) is 18.8 Å². The average molecular weight is 580 g/mol. The van der Waals surface area contributed by atoms with Crippen LogP contribution in [0.15, 0.2) is 42.5 Å². The van der Waals surface area contributed by atoms with Crippen molar-refractivity contribution in [3.8, 4) is 0 Å². The van der Waals surface area contributed by atoms with Crippen molar-refractivity contribution in [1.82, 2.24) is 15.0 Å². The van der Waals surface area contributed by atoms with E-state index in [1.807, 2.05) is 46.8 Å². The lowest BCUT2D eigenvalue weighted by atomic mass is 9.95. The van der Waals surface area contributed by atoms with Crippen molar-refractivity contribution in [3.63, 3.8) is 0 Å². The summed E-state index contributed by atoms with van der Waals surface area (Å²) in [5.41, 5.74) is 8.42. The standard InChI is InChI=1S/C31H38FN5O3S/c1-18-11-16-23(19(2)17-18)37(26(29(39)35-31(3,4)5)20-12-14-21(32)15-13-20)30(40)27-24(33)25(36-41-27)28(38)34-22-9-7-6-8-10-22/h11-17,22,26H,6-10,33H2,1-5H3,(H,34,38)(H,35,39). The van der Waals surface area contributed by atoms with Gasteiger partial charge in [-0.25, -0.2) is 4.39 Å². The number of nitrogens with one attached hydrogen (secondary N) is 2. The molecule has 3 aromatic rings. The molecule has 0 aliphatic heterocycles. The molecule has 3 amide bonds. The van der Waals surface area contributed by atoms with E-state index in [1.165, 1.54) is 29.2 Å². The van der Waals surface area contributed by atoms with Crippen molar-refractivity contribution in [2.75, 3.05) is 10.6 Å². The number of halogens is 1. The first-order chi connectivity index (χ1) is 19.4. The molecule has 2 aromatic carbocycles. The van der Waals surface area contributed by atoms with Crippen molar-refractivity contribution in [2.24, 2.45) is 0 Å². The molecule has 1 aliphatic rings. The van der Waals surface area contributed by atoms with Crippen LogP contribution in [0.4, 0.5) is 15.8 Å². The van der Waals surface area contributed by atoms with Gasteiger partial charge in [-0.05, 0) is 88.3 Å². The summed E-state index contributed by atoms with van der Waals surface area (Å²) in [7, 11) is 0. The van der Waals surface area contributed by atoms with E-state index in [0.29, 0.717) is 11.3 Å². The maximum atomic E-state index is 14.4. The van der Waals surface area contributed by atoms with Crippen LogP contribution >= 0.6 is 11.5 Å². The molecule has 8 nitrogen and oxygen atoms in total. The van der Waals surface area contributed by atoms with Gasteiger partial charge in [-0.15, -0.1) is 0 Å². The van der Waals surface area contributed by atoms with Crippen LogP contribution in [0.5, 0.6) is 0 Å². The first-order valence-corrected chi connectivity index (χ1v) is 14.7. The lowest BCUT2D eigenvalue weighted by Gasteiger charge is -2.34. The molecule has 10 heteroatoms. The number of carbonyl (C=O) groups excluding carboxylic acids is 3. The maximum Gasteiger partial charge on any atom is 0.273 e. The van der Waals surface area contributed by atoms with Crippen molar-refractivity contribution in [1.29, 1.82) is 0 Å². The second-order valence-electron chi connectivity index (χ2n) is 11.7. The van der Waals surface area contributed by atoms with Crippen LogP contribution < -0.4 is 21.3 Å². The summed E-state index contributed by atoms with van der Waals surface area (Å²) in [6.45, 7) is 9.31. The van der Waals surface area contributed by atoms with E-state index in [0.717, 1.165) is 54.8 Å². The second-order valence-corrected chi connectivity index (χ2v) is 12.5. The van der Waals surface area contributed by atoms with Gasteiger partial charge in [-0.1, -0.05) is 49.1 Å². The van der Waals surface area contributed by atoms with Crippen LogP contribution in [0.25, 0.3) is 0 Å². The highest BCUT2D eigenvalue weighted by Gasteiger charge is 2.38. The second kappa shape index (κ2) is 12.4. The van der Waals surface area contributed by atoms with E-state index < -0.39 is 35.1 Å². The monoisotopic (exact) mass is 579 g/mol. The smallest absolute Gasteiger partial charge is 0.273 e. The van der Waals surface area contributed by atoms with Crippen LogP contribution in [-0.4, -0.2) is 33.7 Å². The van der Waals surface area contributed by atoms with Gasteiger partial charge in [0.25, 0.3) is 11.8 Å². The first-order valence-electron chi connectivity index (χ1n) is 13.9. The number of nitrogen functional groups attached to an aromatic ring is 1. The Morgan fingerprint density at radius 3 is 2.32 bits per heavy atom. The number of rotatable bonds is 7. The summed E-state index contributed by atoms with van der Waals surface area (Å²) in [5, 5.41) is 5.97. The van der Waals surface area contributed by atoms with E-state index >= 15 is 0 Å². The zero-order chi connectivity index (χ0) is 29.9. The fourth-order valence-electron chi connectivity index (χ4n) is 5.17. The van der Waals surface area contributed by atoms with Gasteiger partial charge >= 0.3 is 0 Å². The Kier molecular flexibility index (Phi) is 9.11. The molecule has 1 heterocycles. The van der Waals surface area contributed by atoms with Crippen LogP contribution in [0.2, 0.25) is 0 Å². The summed E-state index contributed by atoms with van der Waals surface area (Å²) in [4.78, 5) is 42.8. The molecule has 0 radical (unpaired) electrons. The maximum absolute atomic E-state index is 14.4. The molecule has 0 bridgehead atoms. The third-order valence-electron chi connectivity index (χ3n) is 7.10. The fraction of sp³-hybridized carbons (Fsp3) is 0.419. The summed E-state index contributed by atoms with van der Waals surface area (Å²) < 4.78 is 18.2. The Labute approximate surface area is 244 Å². The van der Waals surface area contributed by atoms with Gasteiger partial charge in [-0.2, -0.15) is 4.37 Å². The van der Waals surface area contributed by atoms with Crippen molar-refractivity contribution >= 4 is 40.6 Å². The topological polar surface area (TPSA) is 117 Å². The van der Waals surface area contributed by atoms with Gasteiger partial charge in [0.1, 0.15) is 16.7 Å². The predicted octanol–water partition coefficient (Wildman–Crippen LogP) is 5.85. The summed E-state index contributed by atoms with van der Waals surface area (Å²) in [5.74, 6) is -1.91. The number of anilines is 2. The van der Waals surface area contributed by atoms with Gasteiger partial charge in [0.05, 0.1) is 5.69 Å². The Bertz CT molecular complexity index is 1420. The SMILES string of the molecule is Cc1ccc(N(C(=O)c2snc(C(=O)NC3CCCCC3)c2N)C(C(=O)NC(C)(C)C)c2ccc(F)cc2)c(C)c1. The molecule has 1 atom stereocenters. The van der Waals surface area contributed by atoms with Gasteiger partial charge in [0.15, 0.2) is 5.69 Å². The molecule has 4 rings (SSSR count). The lowest BCUT2D eigenvalue weighted by molar-refractivity contribution is -0.123. The van der Waals surface area contributed by atoms with Crippen LogP contribution in [-0.2, 0) is 4.79 Å². The molecular formula is C31H38FN5O3S. The Morgan fingerprint density at radius 2 is 1.71 bits per heavy atom. The zero-order valence-electron chi connectivity index (χ0n) is 24.2. The number of nitrogens with zero attached hydrogens (tertiary/aromatic N) is 2. The third kappa shape index (κ3) is 7.11. The molecule has 1 saturated carbocycles. The van der Waals surface area contributed by atoms with Gasteiger partial charge in [0, 0.05) is 17.3 Å². The quantitative estimate of drug-likeness (QED) is 0.325. The molecular weight excluding hydrogens is 541 g/mol. The van der Waals surface area contributed by atoms with E-state index in [2.05, 4.69) is 15.0 Å². The normalized spacial score (nSPS) is 14.8. The number of hydrogen-bond acceptors (Lipinski definition) is 6. The molecule has 218 valence electrons. The summed E-state index contributed by atoms with van der Waals surface area (Å²) >= 11 is 0.828. The van der Waals surface area contributed by atoms with Crippen molar-refractivity contribution < 1.29 is 18.8 Å². The largest absolute Gasteiger partial charge is 0.395 e. The van der Waals surface area contributed by atoms with Gasteiger partial charge in [0.2, 0.25) is 5.91 Å². The van der Waals surface area contributed by atoms with Gasteiger partial charge in [-0.3, -0.25) is 19.3 Å². The van der Waals surface area contributed by atoms with Crippen LogP contribution in [0.1, 0.15) is 95.8 Å². The molecule has 41 heavy (non-hydrogen) atoms. The highest BCUT2D eigenvalue weighted by molar-refractivity contribution is 7.09. The third-order valence-corrected chi connectivity index (χ3v) is 7.95. The minimum Gasteiger partial charge on any atom is -0.395 e. The Hall–Kier alpha value is -3.79. The number of carbonyl (C=O) groups is 3. The zero-order valence-corrected chi connectivity index (χ0v) is 25.0. The van der Waals surface area contributed by atoms with E-state index in [1.54, 1.807) is 6.07 Å². The van der Waals surface area contributed by atoms with E-state index in [-0.39, 0.29) is 22.3 Å². The molecule has 1 aromatic heterocycles. The van der Waals surface area contributed by atoms with Crippen molar-refractivity contribution in [2.45, 2.75) is 84.3 Å². The number of aromatic nitrogens is 1. The Balaban J connectivity index is 1.80. The molecule has 4 N–H and O–H groups in total. The minimum absolute atomic E-state index is 0.00183. The van der Waals surface area contributed by atoms with E-state index in [4.69, 9.17) is 5.73 Å². The molecule has 1 fully saturated rings.